The zero-order valence-corrected chi connectivity index (χ0v) is 14.3. The second-order valence-corrected chi connectivity index (χ2v) is 7.03. The fourth-order valence-corrected chi connectivity index (χ4v) is 3.91. The van der Waals surface area contributed by atoms with Crippen LogP contribution in [0.15, 0.2) is 69.6 Å². The molecule has 0 amide bonds. The summed E-state index contributed by atoms with van der Waals surface area (Å²) in [5.41, 5.74) is 1.81. The molecule has 0 saturated heterocycles. The van der Waals surface area contributed by atoms with E-state index in [9.17, 15) is 0 Å². The third kappa shape index (κ3) is 1.85. The highest BCUT2D eigenvalue weighted by atomic mass is 79.9. The quantitative estimate of drug-likeness (QED) is 0.256. The van der Waals surface area contributed by atoms with Gasteiger partial charge in [0.15, 0.2) is 0 Å². The Balaban J connectivity index is 2.18. The second kappa shape index (κ2) is 4.73. The first kappa shape index (κ1) is 13.4. The van der Waals surface area contributed by atoms with Gasteiger partial charge in [-0.05, 0) is 52.6 Å². The van der Waals surface area contributed by atoms with E-state index in [1.807, 2.05) is 24.3 Å². The van der Waals surface area contributed by atoms with Gasteiger partial charge in [-0.2, -0.15) is 0 Å². The van der Waals surface area contributed by atoms with Crippen LogP contribution in [0.3, 0.4) is 0 Å². The van der Waals surface area contributed by atoms with Crippen LogP contribution < -0.4 is 0 Å². The molecule has 0 saturated carbocycles. The van der Waals surface area contributed by atoms with Crippen LogP contribution in [0.25, 0.3) is 43.5 Å². The van der Waals surface area contributed by atoms with Crippen LogP contribution >= 0.6 is 27.5 Å². The molecular weight excluding hydrogens is 372 g/mol. The number of halogens is 2. The van der Waals surface area contributed by atoms with E-state index in [1.54, 1.807) is 0 Å². The predicted molar refractivity (Wildman–Crippen MR) is 101 cm³/mol. The van der Waals surface area contributed by atoms with Crippen LogP contribution in [0.4, 0.5) is 0 Å². The van der Waals surface area contributed by atoms with Crippen LogP contribution in [0.2, 0.25) is 5.02 Å². The van der Waals surface area contributed by atoms with E-state index in [1.165, 1.54) is 10.8 Å². The Labute approximate surface area is 145 Å². The molecule has 3 heteroatoms. The molecule has 0 aliphatic rings. The number of benzene rings is 4. The average Bonchev–Trinajstić information content (AvgIpc) is 2.93. The van der Waals surface area contributed by atoms with Gasteiger partial charge in [0.1, 0.15) is 11.2 Å². The predicted octanol–water partition coefficient (Wildman–Crippen LogP) is 7.31. The van der Waals surface area contributed by atoms with Crippen molar-refractivity contribution < 1.29 is 4.42 Å². The van der Waals surface area contributed by atoms with Crippen molar-refractivity contribution >= 4 is 71.0 Å². The minimum absolute atomic E-state index is 0.737. The third-order valence-electron chi connectivity index (χ3n) is 4.36. The third-order valence-corrected chi connectivity index (χ3v) is 5.09. The van der Waals surface area contributed by atoms with Crippen molar-refractivity contribution in [3.63, 3.8) is 0 Å². The standard InChI is InChI=1S/C20H10BrClO/c21-11-5-7-16-18(9-11)23-20-15-8-6-12(22)10-17(15)13-3-1-2-4-14(13)19(16)20/h1-10H. The molecule has 5 aromatic rings. The van der Waals surface area contributed by atoms with Crippen LogP contribution in [0, 0.1) is 0 Å². The highest BCUT2D eigenvalue weighted by Gasteiger charge is 2.15. The van der Waals surface area contributed by atoms with Crippen molar-refractivity contribution in [1.29, 1.82) is 0 Å². The minimum Gasteiger partial charge on any atom is -0.455 e. The van der Waals surface area contributed by atoms with Gasteiger partial charge in [0.25, 0.3) is 0 Å². The summed E-state index contributed by atoms with van der Waals surface area (Å²) in [7, 11) is 0. The van der Waals surface area contributed by atoms with Crippen molar-refractivity contribution in [3.8, 4) is 0 Å². The Morgan fingerprint density at radius 2 is 1.52 bits per heavy atom. The number of hydrogen-bond donors (Lipinski definition) is 0. The van der Waals surface area contributed by atoms with Crippen LogP contribution in [0.5, 0.6) is 0 Å². The van der Waals surface area contributed by atoms with Gasteiger partial charge in [-0.3, -0.25) is 0 Å². The maximum atomic E-state index is 6.23. The Kier molecular flexibility index (Phi) is 2.76. The molecule has 1 aromatic heterocycles. The molecule has 0 aliphatic carbocycles. The molecule has 0 N–H and O–H groups in total. The molecule has 110 valence electrons. The van der Waals surface area contributed by atoms with Crippen molar-refractivity contribution in [2.24, 2.45) is 0 Å². The van der Waals surface area contributed by atoms with Gasteiger partial charge in [0.2, 0.25) is 0 Å². The first-order chi connectivity index (χ1) is 11.2. The lowest BCUT2D eigenvalue weighted by atomic mass is 9.97. The summed E-state index contributed by atoms with van der Waals surface area (Å²) in [4.78, 5) is 0. The largest absolute Gasteiger partial charge is 0.455 e. The first-order valence-corrected chi connectivity index (χ1v) is 8.51. The molecule has 1 heterocycles. The lowest BCUT2D eigenvalue weighted by Gasteiger charge is -2.06. The zero-order valence-electron chi connectivity index (χ0n) is 11.9. The molecular formula is C20H10BrClO. The first-order valence-electron chi connectivity index (χ1n) is 7.34. The van der Waals surface area contributed by atoms with E-state index >= 15 is 0 Å². The summed E-state index contributed by atoms with van der Waals surface area (Å²) in [6.45, 7) is 0. The van der Waals surface area contributed by atoms with Gasteiger partial charge in [-0.25, -0.2) is 0 Å². The van der Waals surface area contributed by atoms with E-state index in [-0.39, 0.29) is 0 Å². The Bertz CT molecular complexity index is 1240. The van der Waals surface area contributed by atoms with Crippen LogP contribution in [0.1, 0.15) is 0 Å². The van der Waals surface area contributed by atoms with Gasteiger partial charge in [0, 0.05) is 25.7 Å². The van der Waals surface area contributed by atoms with Gasteiger partial charge < -0.3 is 4.42 Å². The Morgan fingerprint density at radius 3 is 2.39 bits per heavy atom. The van der Waals surface area contributed by atoms with E-state index in [2.05, 4.69) is 52.3 Å². The number of hydrogen-bond acceptors (Lipinski definition) is 1. The van der Waals surface area contributed by atoms with Gasteiger partial charge in [-0.15, -0.1) is 0 Å². The average molecular weight is 382 g/mol. The maximum Gasteiger partial charge on any atom is 0.143 e. The van der Waals surface area contributed by atoms with Crippen molar-refractivity contribution in [1.82, 2.24) is 0 Å². The summed E-state index contributed by atoms with van der Waals surface area (Å²) in [6, 6.07) is 20.6. The zero-order chi connectivity index (χ0) is 15.6. The summed E-state index contributed by atoms with van der Waals surface area (Å²) >= 11 is 9.75. The molecule has 0 unspecified atom stereocenters. The molecule has 5 rings (SSSR count). The normalized spacial score (nSPS) is 11.9. The molecule has 0 spiro atoms. The summed E-state index contributed by atoms with van der Waals surface area (Å²) < 4.78 is 7.24. The molecule has 0 radical (unpaired) electrons. The van der Waals surface area contributed by atoms with Gasteiger partial charge in [0.05, 0.1) is 0 Å². The fraction of sp³-hybridized carbons (Fsp3) is 0. The number of fused-ring (bicyclic) bond motifs is 8. The van der Waals surface area contributed by atoms with E-state index in [4.69, 9.17) is 16.0 Å². The minimum atomic E-state index is 0.737. The highest BCUT2D eigenvalue weighted by molar-refractivity contribution is 9.10. The van der Waals surface area contributed by atoms with Crippen molar-refractivity contribution in [3.05, 3.63) is 70.2 Å². The molecule has 23 heavy (non-hydrogen) atoms. The highest BCUT2D eigenvalue weighted by Crippen LogP contribution is 2.41. The summed E-state index contributed by atoms with van der Waals surface area (Å²) in [5.74, 6) is 0. The molecule has 0 fully saturated rings. The number of furan rings is 1. The maximum absolute atomic E-state index is 6.23. The fourth-order valence-electron chi connectivity index (χ4n) is 3.40. The van der Waals surface area contributed by atoms with Crippen LogP contribution in [-0.2, 0) is 0 Å². The molecule has 1 nitrogen and oxygen atoms in total. The molecule has 4 aromatic carbocycles. The van der Waals surface area contributed by atoms with Gasteiger partial charge >= 0.3 is 0 Å². The van der Waals surface area contributed by atoms with Crippen molar-refractivity contribution in [2.75, 3.05) is 0 Å². The lowest BCUT2D eigenvalue weighted by Crippen LogP contribution is -1.80. The van der Waals surface area contributed by atoms with E-state index in [0.29, 0.717) is 0 Å². The summed E-state index contributed by atoms with van der Waals surface area (Å²) in [6.07, 6.45) is 0. The van der Waals surface area contributed by atoms with E-state index in [0.717, 1.165) is 42.2 Å². The molecule has 0 bridgehead atoms. The molecule has 0 aliphatic heterocycles. The van der Waals surface area contributed by atoms with Crippen LogP contribution in [-0.4, -0.2) is 0 Å². The SMILES string of the molecule is Clc1ccc2c(c1)c1ccccc1c1c3ccc(Br)cc3oc21. The monoisotopic (exact) mass is 380 g/mol. The lowest BCUT2D eigenvalue weighted by molar-refractivity contribution is 0.672. The smallest absolute Gasteiger partial charge is 0.143 e. The Morgan fingerprint density at radius 1 is 0.739 bits per heavy atom. The summed E-state index contributed by atoms with van der Waals surface area (Å²) in [5, 5.41) is 7.64. The Hall–Kier alpha value is -2.03. The molecule has 0 atom stereocenters. The number of rotatable bonds is 0. The topological polar surface area (TPSA) is 13.1 Å². The second-order valence-electron chi connectivity index (χ2n) is 5.68. The van der Waals surface area contributed by atoms with Crippen molar-refractivity contribution in [2.45, 2.75) is 0 Å². The van der Waals surface area contributed by atoms with Gasteiger partial charge in [-0.1, -0.05) is 51.8 Å². The van der Waals surface area contributed by atoms with E-state index < -0.39 is 0 Å².